The Labute approximate surface area is 84.3 Å². The van der Waals surface area contributed by atoms with Crippen molar-refractivity contribution in [2.75, 3.05) is 6.54 Å². The van der Waals surface area contributed by atoms with Gasteiger partial charge in [0.1, 0.15) is 0 Å². The average molecular weight is 192 g/mol. The number of carbonyl (C=O) groups excluding carboxylic acids is 1. The Balaban J connectivity index is 2.43. The van der Waals surface area contributed by atoms with E-state index >= 15 is 0 Å². The van der Waals surface area contributed by atoms with E-state index in [9.17, 15) is 4.79 Å². The van der Waals surface area contributed by atoms with Gasteiger partial charge in [0.25, 0.3) is 0 Å². The predicted molar refractivity (Wildman–Crippen MR) is 56.7 cm³/mol. The van der Waals surface area contributed by atoms with Gasteiger partial charge in [-0.2, -0.15) is 0 Å². The Bertz CT molecular complexity index is 285. The lowest BCUT2D eigenvalue weighted by molar-refractivity contribution is -0.120. The summed E-state index contributed by atoms with van der Waals surface area (Å²) in [7, 11) is 0. The lowest BCUT2D eigenvalue weighted by atomic mass is 10.1. The van der Waals surface area contributed by atoms with Crippen molar-refractivity contribution in [3.8, 4) is 0 Å². The minimum Gasteiger partial charge on any atom is -0.354 e. The van der Waals surface area contributed by atoms with Crippen LogP contribution in [0.5, 0.6) is 0 Å². The highest BCUT2D eigenvalue weighted by Crippen LogP contribution is 2.07. The van der Waals surface area contributed by atoms with E-state index < -0.39 is 0 Å². The number of hydrogen-bond donors (Lipinski definition) is 2. The minimum atomic E-state index is -0.119. The van der Waals surface area contributed by atoms with Gasteiger partial charge in [-0.05, 0) is 5.56 Å². The van der Waals surface area contributed by atoms with Gasteiger partial charge in [-0.1, -0.05) is 37.3 Å². The van der Waals surface area contributed by atoms with Crippen molar-refractivity contribution in [1.29, 1.82) is 0 Å². The average Bonchev–Trinajstić information content (AvgIpc) is 2.26. The molecule has 1 rings (SSSR count). The number of hydrogen-bond acceptors (Lipinski definition) is 2. The van der Waals surface area contributed by atoms with Crippen molar-refractivity contribution in [2.24, 2.45) is 5.73 Å². The van der Waals surface area contributed by atoms with Crippen LogP contribution in [0.25, 0.3) is 0 Å². The van der Waals surface area contributed by atoms with Crippen LogP contribution < -0.4 is 11.1 Å². The van der Waals surface area contributed by atoms with Crippen LogP contribution in [0.4, 0.5) is 0 Å². The number of rotatable bonds is 4. The highest BCUT2D eigenvalue weighted by Gasteiger charge is 2.05. The molecule has 0 radical (unpaired) electrons. The van der Waals surface area contributed by atoms with E-state index in [2.05, 4.69) is 5.32 Å². The first-order valence-electron chi connectivity index (χ1n) is 4.81. The summed E-state index contributed by atoms with van der Waals surface area (Å²) in [5, 5.41) is 2.77. The minimum absolute atomic E-state index is 0.0383. The van der Waals surface area contributed by atoms with Crippen LogP contribution in [-0.4, -0.2) is 12.5 Å². The molecular formula is C11H16N2O. The fraction of sp³-hybridized carbons (Fsp3) is 0.364. The van der Waals surface area contributed by atoms with Gasteiger partial charge in [0.05, 0.1) is 0 Å². The van der Waals surface area contributed by atoms with E-state index in [0.717, 1.165) is 5.56 Å². The molecule has 0 aliphatic rings. The van der Waals surface area contributed by atoms with Gasteiger partial charge in [0.15, 0.2) is 0 Å². The molecule has 0 aliphatic heterocycles. The van der Waals surface area contributed by atoms with Gasteiger partial charge < -0.3 is 11.1 Å². The van der Waals surface area contributed by atoms with Crippen molar-refractivity contribution >= 4 is 5.91 Å². The molecule has 1 aromatic carbocycles. The van der Waals surface area contributed by atoms with Crippen LogP contribution in [0.2, 0.25) is 0 Å². The molecule has 14 heavy (non-hydrogen) atoms. The second-order valence-electron chi connectivity index (χ2n) is 3.17. The van der Waals surface area contributed by atoms with Crippen LogP contribution >= 0.6 is 0 Å². The third-order valence-electron chi connectivity index (χ3n) is 2.07. The standard InChI is InChI=1S/C11H16N2O/c1-2-11(14)13-8-10(12)9-6-4-3-5-7-9/h3-7,10H,2,8,12H2,1H3,(H,13,14)/t10-/m1/s1. The molecule has 1 amide bonds. The Morgan fingerprint density at radius 1 is 1.43 bits per heavy atom. The SMILES string of the molecule is CCC(=O)NC[C@@H](N)c1ccccc1. The van der Waals surface area contributed by atoms with Crippen LogP contribution in [0, 0.1) is 0 Å². The Morgan fingerprint density at radius 3 is 2.64 bits per heavy atom. The van der Waals surface area contributed by atoms with E-state index in [1.807, 2.05) is 37.3 Å². The number of amides is 1. The van der Waals surface area contributed by atoms with Crippen LogP contribution in [0.3, 0.4) is 0 Å². The maximum Gasteiger partial charge on any atom is 0.219 e. The lowest BCUT2D eigenvalue weighted by Crippen LogP contribution is -2.31. The number of carbonyl (C=O) groups is 1. The largest absolute Gasteiger partial charge is 0.354 e. The fourth-order valence-corrected chi connectivity index (χ4v) is 1.17. The zero-order chi connectivity index (χ0) is 10.4. The topological polar surface area (TPSA) is 55.1 Å². The van der Waals surface area contributed by atoms with E-state index in [0.29, 0.717) is 13.0 Å². The van der Waals surface area contributed by atoms with Crippen LogP contribution in [-0.2, 0) is 4.79 Å². The van der Waals surface area contributed by atoms with Gasteiger partial charge in [-0.3, -0.25) is 4.79 Å². The summed E-state index contributed by atoms with van der Waals surface area (Å²) in [6, 6.07) is 9.63. The summed E-state index contributed by atoms with van der Waals surface area (Å²) < 4.78 is 0. The van der Waals surface area contributed by atoms with E-state index in [1.165, 1.54) is 0 Å². The number of benzene rings is 1. The third-order valence-corrected chi connectivity index (χ3v) is 2.07. The fourth-order valence-electron chi connectivity index (χ4n) is 1.17. The molecule has 0 spiro atoms. The quantitative estimate of drug-likeness (QED) is 0.753. The highest BCUT2D eigenvalue weighted by molar-refractivity contribution is 5.75. The Morgan fingerprint density at radius 2 is 2.07 bits per heavy atom. The summed E-state index contributed by atoms with van der Waals surface area (Å²) in [5.74, 6) is 0.0383. The Hall–Kier alpha value is -1.35. The smallest absolute Gasteiger partial charge is 0.219 e. The summed E-state index contributed by atoms with van der Waals surface area (Å²) in [4.78, 5) is 11.0. The monoisotopic (exact) mass is 192 g/mol. The van der Waals surface area contributed by atoms with E-state index in [4.69, 9.17) is 5.73 Å². The molecule has 0 bridgehead atoms. The maximum atomic E-state index is 11.0. The zero-order valence-electron chi connectivity index (χ0n) is 8.36. The molecule has 1 aromatic rings. The first-order chi connectivity index (χ1) is 6.74. The van der Waals surface area contributed by atoms with Gasteiger partial charge in [0, 0.05) is 19.0 Å². The second-order valence-corrected chi connectivity index (χ2v) is 3.17. The Kier molecular flexibility index (Phi) is 4.13. The van der Waals surface area contributed by atoms with E-state index in [1.54, 1.807) is 0 Å². The lowest BCUT2D eigenvalue weighted by Gasteiger charge is -2.12. The molecule has 0 unspecified atom stereocenters. The number of nitrogens with two attached hydrogens (primary N) is 1. The van der Waals surface area contributed by atoms with Crippen molar-refractivity contribution in [1.82, 2.24) is 5.32 Å². The zero-order valence-corrected chi connectivity index (χ0v) is 8.36. The van der Waals surface area contributed by atoms with E-state index in [-0.39, 0.29) is 11.9 Å². The molecule has 0 aromatic heterocycles. The molecule has 0 fully saturated rings. The van der Waals surface area contributed by atoms with Gasteiger partial charge >= 0.3 is 0 Å². The second kappa shape index (κ2) is 5.40. The molecule has 1 atom stereocenters. The maximum absolute atomic E-state index is 11.0. The first kappa shape index (κ1) is 10.7. The molecule has 0 saturated heterocycles. The van der Waals surface area contributed by atoms with Crippen molar-refractivity contribution in [2.45, 2.75) is 19.4 Å². The molecular weight excluding hydrogens is 176 g/mol. The summed E-state index contributed by atoms with van der Waals surface area (Å²) in [5.41, 5.74) is 6.93. The summed E-state index contributed by atoms with van der Waals surface area (Å²) in [6.07, 6.45) is 0.501. The van der Waals surface area contributed by atoms with Crippen molar-refractivity contribution < 1.29 is 4.79 Å². The molecule has 3 heteroatoms. The van der Waals surface area contributed by atoms with Gasteiger partial charge in [-0.15, -0.1) is 0 Å². The normalized spacial score (nSPS) is 12.1. The summed E-state index contributed by atoms with van der Waals surface area (Å²) in [6.45, 7) is 2.32. The molecule has 3 N–H and O–H groups in total. The predicted octanol–water partition coefficient (Wildman–Crippen LogP) is 1.21. The number of nitrogens with one attached hydrogen (secondary N) is 1. The highest BCUT2D eigenvalue weighted by atomic mass is 16.1. The van der Waals surface area contributed by atoms with Gasteiger partial charge in [-0.25, -0.2) is 0 Å². The van der Waals surface area contributed by atoms with Crippen LogP contribution in [0.15, 0.2) is 30.3 Å². The first-order valence-corrected chi connectivity index (χ1v) is 4.81. The van der Waals surface area contributed by atoms with Crippen molar-refractivity contribution in [3.05, 3.63) is 35.9 Å². The van der Waals surface area contributed by atoms with Crippen molar-refractivity contribution in [3.63, 3.8) is 0 Å². The molecule has 3 nitrogen and oxygen atoms in total. The molecule has 76 valence electrons. The van der Waals surface area contributed by atoms with Gasteiger partial charge in [0.2, 0.25) is 5.91 Å². The molecule has 0 saturated carbocycles. The molecule has 0 heterocycles. The third kappa shape index (κ3) is 3.18. The summed E-state index contributed by atoms with van der Waals surface area (Å²) >= 11 is 0. The van der Waals surface area contributed by atoms with Crippen LogP contribution in [0.1, 0.15) is 24.9 Å². The molecule has 0 aliphatic carbocycles.